The van der Waals surface area contributed by atoms with E-state index >= 15 is 0 Å². The normalized spacial score (nSPS) is 21.2. The van der Waals surface area contributed by atoms with E-state index in [4.69, 9.17) is 22.5 Å². The van der Waals surface area contributed by atoms with Crippen LogP contribution < -0.4 is 5.73 Å². The third-order valence-electron chi connectivity index (χ3n) is 4.37. The lowest BCUT2D eigenvalue weighted by molar-refractivity contribution is 0.272. The molecule has 0 saturated carbocycles. The fraction of sp³-hybridized carbons (Fsp3) is 0.562. The highest BCUT2D eigenvalue weighted by atomic mass is 35.5. The van der Waals surface area contributed by atoms with Gasteiger partial charge in [-0.05, 0) is 49.9 Å². The van der Waals surface area contributed by atoms with E-state index in [1.807, 2.05) is 12.1 Å². The summed E-state index contributed by atoms with van der Waals surface area (Å²) >= 11 is 6.33. The van der Waals surface area contributed by atoms with E-state index in [2.05, 4.69) is 17.0 Å². The maximum absolute atomic E-state index is 8.70. The minimum absolute atomic E-state index is 0.0870. The zero-order chi connectivity index (χ0) is 15.2. The predicted octanol–water partition coefficient (Wildman–Crippen LogP) is 3.45. The van der Waals surface area contributed by atoms with Crippen molar-refractivity contribution in [1.29, 1.82) is 0 Å². The highest BCUT2D eigenvalue weighted by molar-refractivity contribution is 6.31. The highest BCUT2D eigenvalue weighted by Crippen LogP contribution is 2.24. The van der Waals surface area contributed by atoms with Gasteiger partial charge in [0.05, 0.1) is 0 Å². The molecule has 3 N–H and O–H groups in total. The summed E-state index contributed by atoms with van der Waals surface area (Å²) in [6.07, 6.45) is 5.15. The number of amidine groups is 1. The Labute approximate surface area is 131 Å². The van der Waals surface area contributed by atoms with Crippen molar-refractivity contribution in [1.82, 2.24) is 4.90 Å². The number of hydrogen-bond acceptors (Lipinski definition) is 3. The molecule has 0 aromatic heterocycles. The van der Waals surface area contributed by atoms with Crippen molar-refractivity contribution in [2.75, 3.05) is 13.1 Å². The van der Waals surface area contributed by atoms with Crippen LogP contribution >= 0.6 is 11.6 Å². The molecule has 0 amide bonds. The Bertz CT molecular complexity index is 504. The summed E-state index contributed by atoms with van der Waals surface area (Å²) in [5, 5.41) is 12.4. The summed E-state index contributed by atoms with van der Waals surface area (Å²) in [6, 6.07) is 5.58. The summed E-state index contributed by atoms with van der Waals surface area (Å²) in [7, 11) is 0. The molecule has 1 aliphatic rings. The van der Waals surface area contributed by atoms with Gasteiger partial charge in [0.25, 0.3) is 0 Å². The Morgan fingerprint density at radius 3 is 2.90 bits per heavy atom. The van der Waals surface area contributed by atoms with Crippen LogP contribution in [0.5, 0.6) is 0 Å². The first-order chi connectivity index (χ1) is 10.1. The number of likely N-dealkylation sites (tertiary alicyclic amines) is 1. The second-order valence-electron chi connectivity index (χ2n) is 5.77. The van der Waals surface area contributed by atoms with Crippen molar-refractivity contribution >= 4 is 17.4 Å². The minimum Gasteiger partial charge on any atom is -0.409 e. The highest BCUT2D eigenvalue weighted by Gasteiger charge is 2.16. The molecule has 0 bridgehead atoms. The molecular formula is C16H24ClN3O. The fourth-order valence-electron chi connectivity index (χ4n) is 2.92. The second kappa shape index (κ2) is 7.66. The first-order valence-corrected chi connectivity index (χ1v) is 8.00. The second-order valence-corrected chi connectivity index (χ2v) is 6.18. The van der Waals surface area contributed by atoms with E-state index in [9.17, 15) is 0 Å². The quantitative estimate of drug-likeness (QED) is 0.387. The van der Waals surface area contributed by atoms with Crippen molar-refractivity contribution < 1.29 is 5.21 Å². The van der Waals surface area contributed by atoms with Crippen LogP contribution in [0.25, 0.3) is 0 Å². The van der Waals surface area contributed by atoms with E-state index < -0.39 is 0 Å². The molecule has 5 heteroatoms. The number of hydrogen-bond donors (Lipinski definition) is 2. The Morgan fingerprint density at radius 1 is 1.43 bits per heavy atom. The first kappa shape index (κ1) is 16.1. The van der Waals surface area contributed by atoms with Gasteiger partial charge in [0, 0.05) is 17.1 Å². The molecular weight excluding hydrogens is 286 g/mol. The Kier molecular flexibility index (Phi) is 5.88. The Balaban J connectivity index is 2.02. The molecule has 4 nitrogen and oxygen atoms in total. The molecule has 21 heavy (non-hydrogen) atoms. The molecule has 1 heterocycles. The lowest BCUT2D eigenvalue weighted by Gasteiger charge is -2.21. The van der Waals surface area contributed by atoms with Crippen LogP contribution in [0, 0.1) is 5.92 Å². The number of nitrogens with two attached hydrogens (primary N) is 1. The van der Waals surface area contributed by atoms with Gasteiger partial charge in [0.2, 0.25) is 0 Å². The van der Waals surface area contributed by atoms with Crippen molar-refractivity contribution in [2.24, 2.45) is 16.8 Å². The van der Waals surface area contributed by atoms with Gasteiger partial charge >= 0.3 is 0 Å². The van der Waals surface area contributed by atoms with Gasteiger partial charge in [-0.25, -0.2) is 0 Å². The average Bonchev–Trinajstić information content (AvgIpc) is 2.73. The van der Waals surface area contributed by atoms with E-state index in [1.165, 1.54) is 25.7 Å². The molecule has 1 fully saturated rings. The third kappa shape index (κ3) is 4.35. The third-order valence-corrected chi connectivity index (χ3v) is 4.72. The van der Waals surface area contributed by atoms with Crippen molar-refractivity contribution in [3.8, 4) is 0 Å². The molecule has 1 aromatic carbocycles. The van der Waals surface area contributed by atoms with Crippen LogP contribution in [0.3, 0.4) is 0 Å². The maximum atomic E-state index is 8.70. The monoisotopic (exact) mass is 309 g/mol. The fourth-order valence-corrected chi connectivity index (χ4v) is 3.17. The molecule has 2 rings (SSSR count). The predicted molar refractivity (Wildman–Crippen MR) is 86.9 cm³/mol. The van der Waals surface area contributed by atoms with E-state index in [1.54, 1.807) is 6.07 Å². The smallest absolute Gasteiger partial charge is 0.170 e. The SMILES string of the molecule is CCC1CCCN(Cc2ccc(/C(N)=N/O)cc2Cl)CC1. The number of benzene rings is 1. The van der Waals surface area contributed by atoms with Crippen LogP contribution in [0.4, 0.5) is 0 Å². The number of halogens is 1. The van der Waals surface area contributed by atoms with Gasteiger partial charge in [0.1, 0.15) is 0 Å². The molecule has 1 aliphatic heterocycles. The van der Waals surface area contributed by atoms with Crippen LogP contribution in [0.15, 0.2) is 23.4 Å². The van der Waals surface area contributed by atoms with Crippen LogP contribution in [-0.4, -0.2) is 29.0 Å². The number of nitrogens with zero attached hydrogens (tertiary/aromatic N) is 2. The van der Waals surface area contributed by atoms with Gasteiger partial charge in [-0.2, -0.15) is 0 Å². The summed E-state index contributed by atoms with van der Waals surface area (Å²) in [6.45, 7) is 5.42. The van der Waals surface area contributed by atoms with Gasteiger partial charge in [0.15, 0.2) is 5.84 Å². The topological polar surface area (TPSA) is 61.8 Å². The molecule has 116 valence electrons. The van der Waals surface area contributed by atoms with Gasteiger partial charge in [-0.3, -0.25) is 4.90 Å². The molecule has 1 saturated heterocycles. The molecule has 1 unspecified atom stereocenters. The Hall–Kier alpha value is -1.26. The van der Waals surface area contributed by atoms with Crippen LogP contribution in [-0.2, 0) is 6.54 Å². The zero-order valence-corrected chi connectivity index (χ0v) is 13.3. The van der Waals surface area contributed by atoms with Gasteiger partial charge in [-0.1, -0.05) is 42.2 Å². The molecule has 0 aliphatic carbocycles. The van der Waals surface area contributed by atoms with E-state index in [-0.39, 0.29) is 5.84 Å². The average molecular weight is 310 g/mol. The summed E-state index contributed by atoms with van der Waals surface area (Å²) in [5.74, 6) is 0.956. The van der Waals surface area contributed by atoms with Gasteiger partial charge < -0.3 is 10.9 Å². The van der Waals surface area contributed by atoms with Crippen LogP contribution in [0.2, 0.25) is 5.02 Å². The minimum atomic E-state index is 0.0870. The molecule has 0 spiro atoms. The Morgan fingerprint density at radius 2 is 2.24 bits per heavy atom. The first-order valence-electron chi connectivity index (χ1n) is 7.62. The van der Waals surface area contributed by atoms with Crippen molar-refractivity contribution in [3.05, 3.63) is 34.3 Å². The van der Waals surface area contributed by atoms with Crippen molar-refractivity contribution in [2.45, 2.75) is 39.2 Å². The largest absolute Gasteiger partial charge is 0.409 e. The van der Waals surface area contributed by atoms with E-state index in [0.717, 1.165) is 31.1 Å². The standard InChI is InChI=1S/C16H24ClN3O/c1-2-12-4-3-8-20(9-7-12)11-14-6-5-13(10-15(14)17)16(18)19-21/h5-6,10,12,21H,2-4,7-9,11H2,1H3,(H2,18,19). The molecule has 0 radical (unpaired) electrons. The summed E-state index contributed by atoms with van der Waals surface area (Å²) in [4.78, 5) is 2.47. The lowest BCUT2D eigenvalue weighted by atomic mass is 9.98. The number of oxime groups is 1. The number of rotatable bonds is 4. The maximum Gasteiger partial charge on any atom is 0.170 e. The summed E-state index contributed by atoms with van der Waals surface area (Å²) < 4.78 is 0. The molecule has 1 aromatic rings. The summed E-state index contributed by atoms with van der Waals surface area (Å²) in [5.41, 5.74) is 7.32. The molecule has 1 atom stereocenters. The van der Waals surface area contributed by atoms with Crippen LogP contribution in [0.1, 0.15) is 43.7 Å². The van der Waals surface area contributed by atoms with Gasteiger partial charge in [-0.15, -0.1) is 0 Å². The lowest BCUT2D eigenvalue weighted by Crippen LogP contribution is -2.24. The zero-order valence-electron chi connectivity index (χ0n) is 12.6. The van der Waals surface area contributed by atoms with Crippen molar-refractivity contribution in [3.63, 3.8) is 0 Å². The van der Waals surface area contributed by atoms with E-state index in [0.29, 0.717) is 10.6 Å².